The van der Waals surface area contributed by atoms with Gasteiger partial charge in [-0.1, -0.05) is 30.3 Å². The zero-order valence-corrected chi connectivity index (χ0v) is 11.5. The van der Waals surface area contributed by atoms with Gasteiger partial charge in [0.25, 0.3) is 0 Å². The lowest BCUT2D eigenvalue weighted by Gasteiger charge is -2.18. The van der Waals surface area contributed by atoms with E-state index in [1.165, 1.54) is 12.1 Å². The molecule has 0 radical (unpaired) electrons. The number of hydrazine groups is 1. The molecule has 1 unspecified atom stereocenters. The number of rotatable bonds is 4. The molecule has 0 aliphatic carbocycles. The Hall–Kier alpha value is -2.30. The van der Waals surface area contributed by atoms with E-state index < -0.39 is 0 Å². The molecule has 3 nitrogen and oxygen atoms in total. The van der Waals surface area contributed by atoms with E-state index in [0.29, 0.717) is 6.42 Å². The van der Waals surface area contributed by atoms with Crippen molar-refractivity contribution >= 4 is 10.9 Å². The van der Waals surface area contributed by atoms with Gasteiger partial charge in [0.2, 0.25) is 0 Å². The molecule has 0 aliphatic rings. The molecule has 1 heterocycles. The largest absolute Gasteiger partial charge is 0.271 e. The lowest BCUT2D eigenvalue weighted by atomic mass is 9.96. The fourth-order valence-corrected chi connectivity index (χ4v) is 2.59. The third-order valence-corrected chi connectivity index (χ3v) is 3.58. The van der Waals surface area contributed by atoms with E-state index in [4.69, 9.17) is 5.84 Å². The normalized spacial score (nSPS) is 12.5. The van der Waals surface area contributed by atoms with Crippen LogP contribution in [0.15, 0.2) is 60.8 Å². The van der Waals surface area contributed by atoms with Crippen molar-refractivity contribution in [3.63, 3.8) is 0 Å². The van der Waals surface area contributed by atoms with E-state index in [1.807, 2.05) is 36.4 Å². The first-order valence-corrected chi connectivity index (χ1v) is 6.82. The Kier molecular flexibility index (Phi) is 3.90. The number of hydrogen-bond acceptors (Lipinski definition) is 3. The van der Waals surface area contributed by atoms with Gasteiger partial charge in [0.1, 0.15) is 5.82 Å². The molecule has 1 aromatic heterocycles. The molecule has 0 bridgehead atoms. The molecule has 0 amide bonds. The van der Waals surface area contributed by atoms with Crippen LogP contribution in [-0.4, -0.2) is 4.98 Å². The summed E-state index contributed by atoms with van der Waals surface area (Å²) in [4.78, 5) is 4.35. The Morgan fingerprint density at radius 2 is 1.95 bits per heavy atom. The minimum Gasteiger partial charge on any atom is -0.271 e. The lowest BCUT2D eigenvalue weighted by Crippen LogP contribution is -2.29. The fourth-order valence-electron chi connectivity index (χ4n) is 2.59. The number of nitrogens with zero attached hydrogens (tertiary/aromatic N) is 1. The van der Waals surface area contributed by atoms with Gasteiger partial charge in [0, 0.05) is 11.6 Å². The summed E-state index contributed by atoms with van der Waals surface area (Å²) in [5, 5.41) is 1.05. The van der Waals surface area contributed by atoms with Crippen molar-refractivity contribution in [1.29, 1.82) is 0 Å². The average molecular weight is 281 g/mol. The summed E-state index contributed by atoms with van der Waals surface area (Å²) in [6.45, 7) is 0. The smallest absolute Gasteiger partial charge is 0.123 e. The van der Waals surface area contributed by atoms with Gasteiger partial charge in [0.15, 0.2) is 0 Å². The molecule has 0 fully saturated rings. The average Bonchev–Trinajstić information content (AvgIpc) is 2.52. The minimum atomic E-state index is -0.233. The summed E-state index contributed by atoms with van der Waals surface area (Å²) in [6, 6.07) is 16.4. The van der Waals surface area contributed by atoms with Gasteiger partial charge in [-0.3, -0.25) is 16.3 Å². The number of halogens is 1. The van der Waals surface area contributed by atoms with Gasteiger partial charge in [0.05, 0.1) is 11.6 Å². The Bertz CT molecular complexity index is 752. The summed E-state index contributed by atoms with van der Waals surface area (Å²) in [5.74, 6) is 5.48. The number of nitrogens with two attached hydrogens (primary N) is 1. The maximum Gasteiger partial charge on any atom is 0.123 e. The molecule has 0 spiro atoms. The topological polar surface area (TPSA) is 50.9 Å². The molecule has 0 saturated heterocycles. The summed E-state index contributed by atoms with van der Waals surface area (Å²) in [6.07, 6.45) is 2.38. The van der Waals surface area contributed by atoms with Crippen LogP contribution < -0.4 is 11.3 Å². The lowest BCUT2D eigenvalue weighted by molar-refractivity contribution is 0.552. The maximum absolute atomic E-state index is 13.3. The molecule has 106 valence electrons. The van der Waals surface area contributed by atoms with Gasteiger partial charge in [-0.2, -0.15) is 0 Å². The highest BCUT2D eigenvalue weighted by molar-refractivity contribution is 5.82. The van der Waals surface area contributed by atoms with Crippen molar-refractivity contribution in [2.45, 2.75) is 12.5 Å². The highest BCUT2D eigenvalue weighted by atomic mass is 19.1. The minimum absolute atomic E-state index is 0.0975. The molecular weight excluding hydrogens is 265 g/mol. The van der Waals surface area contributed by atoms with Crippen LogP contribution in [0.3, 0.4) is 0 Å². The van der Waals surface area contributed by atoms with Crippen molar-refractivity contribution < 1.29 is 4.39 Å². The predicted molar refractivity (Wildman–Crippen MR) is 81.9 cm³/mol. The molecule has 4 heteroatoms. The molecule has 1 atom stereocenters. The predicted octanol–water partition coefficient (Wildman–Crippen LogP) is 3.12. The van der Waals surface area contributed by atoms with E-state index in [2.05, 4.69) is 10.4 Å². The van der Waals surface area contributed by atoms with Gasteiger partial charge < -0.3 is 0 Å². The van der Waals surface area contributed by atoms with E-state index >= 15 is 0 Å². The Morgan fingerprint density at radius 1 is 1.10 bits per heavy atom. The monoisotopic (exact) mass is 281 g/mol. The van der Waals surface area contributed by atoms with Crippen LogP contribution >= 0.6 is 0 Å². The van der Waals surface area contributed by atoms with Crippen LogP contribution in [0.1, 0.15) is 17.2 Å². The van der Waals surface area contributed by atoms with Crippen molar-refractivity contribution in [3.8, 4) is 0 Å². The number of hydrogen-bond donors (Lipinski definition) is 2. The van der Waals surface area contributed by atoms with Crippen molar-refractivity contribution in [2.75, 3.05) is 0 Å². The molecule has 0 aliphatic heterocycles. The zero-order chi connectivity index (χ0) is 14.7. The third kappa shape index (κ3) is 2.91. The Morgan fingerprint density at radius 3 is 2.76 bits per heavy atom. The van der Waals surface area contributed by atoms with E-state index in [0.717, 1.165) is 22.0 Å². The standard InChI is InChI=1S/C17H16FN3/c18-13-5-1-4-12(10-13)11-17(21-19)15-6-2-8-16-14(15)7-3-9-20-16/h1-10,17,21H,11,19H2. The molecule has 21 heavy (non-hydrogen) atoms. The quantitative estimate of drug-likeness (QED) is 0.570. The number of nitrogens with one attached hydrogen (secondary N) is 1. The van der Waals surface area contributed by atoms with Gasteiger partial charge >= 0.3 is 0 Å². The second-order valence-electron chi connectivity index (χ2n) is 4.97. The molecule has 3 N–H and O–H groups in total. The van der Waals surface area contributed by atoms with Crippen molar-refractivity contribution in [3.05, 3.63) is 77.7 Å². The summed E-state index contributed by atoms with van der Waals surface area (Å²) >= 11 is 0. The van der Waals surface area contributed by atoms with E-state index in [-0.39, 0.29) is 11.9 Å². The van der Waals surface area contributed by atoms with E-state index in [1.54, 1.807) is 12.3 Å². The van der Waals surface area contributed by atoms with Crippen LogP contribution in [0, 0.1) is 5.82 Å². The zero-order valence-electron chi connectivity index (χ0n) is 11.5. The molecule has 3 aromatic rings. The first kappa shape index (κ1) is 13.7. The summed E-state index contributed by atoms with van der Waals surface area (Å²) in [7, 11) is 0. The SMILES string of the molecule is NNC(Cc1cccc(F)c1)c1cccc2ncccc12. The molecular formula is C17H16FN3. The van der Waals surface area contributed by atoms with Crippen LogP contribution in [0.4, 0.5) is 4.39 Å². The Labute approximate surface area is 122 Å². The second-order valence-corrected chi connectivity index (χ2v) is 4.97. The van der Waals surface area contributed by atoms with E-state index in [9.17, 15) is 4.39 Å². The van der Waals surface area contributed by atoms with Crippen molar-refractivity contribution in [1.82, 2.24) is 10.4 Å². The number of benzene rings is 2. The van der Waals surface area contributed by atoms with Gasteiger partial charge in [-0.05, 0) is 41.8 Å². The summed E-state index contributed by atoms with van der Waals surface area (Å²) < 4.78 is 13.3. The number of fused-ring (bicyclic) bond motifs is 1. The molecule has 0 saturated carbocycles. The van der Waals surface area contributed by atoms with Gasteiger partial charge in [-0.25, -0.2) is 4.39 Å². The Balaban J connectivity index is 1.98. The first-order chi connectivity index (χ1) is 10.3. The number of aromatic nitrogens is 1. The van der Waals surface area contributed by atoms with Crippen LogP contribution in [0.25, 0.3) is 10.9 Å². The van der Waals surface area contributed by atoms with Crippen LogP contribution in [-0.2, 0) is 6.42 Å². The van der Waals surface area contributed by atoms with Crippen LogP contribution in [0.5, 0.6) is 0 Å². The van der Waals surface area contributed by atoms with Crippen LogP contribution in [0.2, 0.25) is 0 Å². The molecule has 3 rings (SSSR count). The highest BCUT2D eigenvalue weighted by Gasteiger charge is 2.14. The second kappa shape index (κ2) is 5.99. The van der Waals surface area contributed by atoms with Gasteiger partial charge in [-0.15, -0.1) is 0 Å². The molecule has 2 aromatic carbocycles. The van der Waals surface area contributed by atoms with Crippen molar-refractivity contribution in [2.24, 2.45) is 5.84 Å². The number of pyridine rings is 1. The fraction of sp³-hybridized carbons (Fsp3) is 0.118. The summed E-state index contributed by atoms with van der Waals surface area (Å²) in [5.41, 5.74) is 5.72. The maximum atomic E-state index is 13.3. The first-order valence-electron chi connectivity index (χ1n) is 6.82. The third-order valence-electron chi connectivity index (χ3n) is 3.58. The highest BCUT2D eigenvalue weighted by Crippen LogP contribution is 2.25.